The zero-order chi connectivity index (χ0) is 19.6. The number of anilines is 2. The van der Waals surface area contributed by atoms with Crippen molar-refractivity contribution < 1.29 is 8.42 Å². The van der Waals surface area contributed by atoms with Crippen molar-refractivity contribution >= 4 is 54.9 Å². The van der Waals surface area contributed by atoms with Crippen molar-refractivity contribution in [3.8, 4) is 0 Å². The maximum atomic E-state index is 13.1. The predicted octanol–water partition coefficient (Wildman–Crippen LogP) is 4.86. The van der Waals surface area contributed by atoms with Crippen molar-refractivity contribution in [2.24, 2.45) is 0 Å². The Morgan fingerprint density at radius 1 is 0.964 bits per heavy atom. The second kappa shape index (κ2) is 7.73. The average Bonchev–Trinajstić information content (AvgIpc) is 3.15. The zero-order valence-electron chi connectivity index (χ0n) is 15.3. The third-order valence-electron chi connectivity index (χ3n) is 4.52. The Labute approximate surface area is 168 Å². The molecule has 0 amide bonds. The van der Waals surface area contributed by atoms with Gasteiger partial charge in [0.1, 0.15) is 11.0 Å². The molecule has 144 valence electrons. The number of benzene rings is 3. The highest BCUT2D eigenvalue weighted by molar-refractivity contribution is 7.93. The molecule has 0 aliphatic carbocycles. The van der Waals surface area contributed by atoms with Crippen LogP contribution in [0.4, 0.5) is 11.4 Å². The third-order valence-corrected chi connectivity index (χ3v) is 6.52. The van der Waals surface area contributed by atoms with E-state index in [4.69, 9.17) is 0 Å². The van der Waals surface area contributed by atoms with Gasteiger partial charge in [0, 0.05) is 23.0 Å². The van der Waals surface area contributed by atoms with Crippen LogP contribution in [-0.4, -0.2) is 23.7 Å². The van der Waals surface area contributed by atoms with Crippen LogP contribution in [-0.2, 0) is 10.0 Å². The summed E-state index contributed by atoms with van der Waals surface area (Å²) in [7, 11) is -3.76. The predicted molar refractivity (Wildman–Crippen MR) is 116 cm³/mol. The molecule has 0 unspecified atom stereocenters. The lowest BCUT2D eigenvalue weighted by atomic mass is 10.1. The number of unbranched alkanes of at least 4 members (excludes halogenated alkanes) is 1. The molecular weight excluding hydrogens is 392 g/mol. The fourth-order valence-corrected chi connectivity index (χ4v) is 4.92. The van der Waals surface area contributed by atoms with Gasteiger partial charge in [-0.3, -0.25) is 4.72 Å². The molecule has 4 rings (SSSR count). The van der Waals surface area contributed by atoms with E-state index in [2.05, 4.69) is 25.7 Å². The van der Waals surface area contributed by atoms with E-state index < -0.39 is 10.0 Å². The highest BCUT2D eigenvalue weighted by Crippen LogP contribution is 2.30. The van der Waals surface area contributed by atoms with Gasteiger partial charge in [-0.1, -0.05) is 37.6 Å². The molecule has 0 aliphatic heterocycles. The smallest absolute Gasteiger partial charge is 0.262 e. The number of fused-ring (bicyclic) bond motifs is 2. The number of nitrogens with zero attached hydrogens (tertiary/aromatic N) is 2. The van der Waals surface area contributed by atoms with Gasteiger partial charge >= 0.3 is 0 Å². The van der Waals surface area contributed by atoms with Gasteiger partial charge in [-0.15, -0.1) is 0 Å². The summed E-state index contributed by atoms with van der Waals surface area (Å²) in [5.41, 5.74) is 2.83. The molecule has 0 aliphatic rings. The monoisotopic (exact) mass is 412 g/mol. The molecule has 2 N–H and O–H groups in total. The Kier molecular flexibility index (Phi) is 5.15. The number of sulfonamides is 1. The molecule has 1 heterocycles. The second-order valence-electron chi connectivity index (χ2n) is 6.51. The van der Waals surface area contributed by atoms with E-state index in [0.717, 1.165) is 47.7 Å². The summed E-state index contributed by atoms with van der Waals surface area (Å²) in [5.74, 6) is 0. The van der Waals surface area contributed by atoms with Gasteiger partial charge < -0.3 is 5.32 Å². The number of nitrogens with one attached hydrogen (secondary N) is 2. The SMILES string of the molecule is CCCCNc1cccc2c(S(=O)(=O)Nc3ccc4nsnc4c3)cccc12. The molecule has 0 bridgehead atoms. The minimum absolute atomic E-state index is 0.251. The Morgan fingerprint density at radius 2 is 1.75 bits per heavy atom. The molecule has 0 spiro atoms. The van der Waals surface area contributed by atoms with Crippen LogP contribution in [0, 0.1) is 0 Å². The summed E-state index contributed by atoms with van der Waals surface area (Å²) in [4.78, 5) is 0.251. The van der Waals surface area contributed by atoms with Gasteiger partial charge in [0.25, 0.3) is 10.0 Å². The molecule has 0 atom stereocenters. The maximum Gasteiger partial charge on any atom is 0.262 e. The van der Waals surface area contributed by atoms with Crippen LogP contribution in [0.15, 0.2) is 59.5 Å². The van der Waals surface area contributed by atoms with E-state index in [1.807, 2.05) is 24.3 Å². The van der Waals surface area contributed by atoms with Crippen LogP contribution in [0.3, 0.4) is 0 Å². The molecule has 0 radical (unpaired) electrons. The van der Waals surface area contributed by atoms with Gasteiger partial charge in [0.2, 0.25) is 0 Å². The van der Waals surface area contributed by atoms with Crippen molar-refractivity contribution in [2.45, 2.75) is 24.7 Å². The van der Waals surface area contributed by atoms with E-state index in [0.29, 0.717) is 16.6 Å². The topological polar surface area (TPSA) is 84.0 Å². The first-order chi connectivity index (χ1) is 13.6. The standard InChI is InChI=1S/C20H20N4O2S2/c1-2-3-12-21-17-8-4-7-16-15(17)6-5-9-20(16)28(25,26)24-14-10-11-18-19(13-14)23-27-22-18/h4-11,13,21,24H,2-3,12H2,1H3. The highest BCUT2D eigenvalue weighted by atomic mass is 32.2. The lowest BCUT2D eigenvalue weighted by molar-refractivity contribution is 0.602. The Hall–Kier alpha value is -2.71. The van der Waals surface area contributed by atoms with Crippen LogP contribution >= 0.6 is 11.7 Å². The van der Waals surface area contributed by atoms with Gasteiger partial charge in [-0.25, -0.2) is 8.42 Å². The van der Waals surface area contributed by atoms with Crippen molar-refractivity contribution in [1.82, 2.24) is 8.75 Å². The Balaban J connectivity index is 1.71. The third kappa shape index (κ3) is 3.65. The first kappa shape index (κ1) is 18.6. The van der Waals surface area contributed by atoms with Crippen LogP contribution in [0.25, 0.3) is 21.8 Å². The van der Waals surface area contributed by atoms with Crippen LogP contribution in [0.1, 0.15) is 19.8 Å². The maximum absolute atomic E-state index is 13.1. The minimum atomic E-state index is -3.76. The van der Waals surface area contributed by atoms with Gasteiger partial charge in [0.05, 0.1) is 22.3 Å². The summed E-state index contributed by atoms with van der Waals surface area (Å²) < 4.78 is 37.2. The second-order valence-corrected chi connectivity index (χ2v) is 8.69. The summed E-state index contributed by atoms with van der Waals surface area (Å²) >= 11 is 1.10. The summed E-state index contributed by atoms with van der Waals surface area (Å²) in [5, 5.41) is 4.98. The van der Waals surface area contributed by atoms with Crippen LogP contribution in [0.5, 0.6) is 0 Å². The van der Waals surface area contributed by atoms with Crippen molar-refractivity contribution in [3.05, 3.63) is 54.6 Å². The van der Waals surface area contributed by atoms with Crippen LogP contribution < -0.4 is 10.0 Å². The number of rotatable bonds is 7. The van der Waals surface area contributed by atoms with E-state index in [-0.39, 0.29) is 4.90 Å². The van der Waals surface area contributed by atoms with Crippen molar-refractivity contribution in [1.29, 1.82) is 0 Å². The normalized spacial score (nSPS) is 11.8. The first-order valence-electron chi connectivity index (χ1n) is 9.09. The quantitative estimate of drug-likeness (QED) is 0.424. The summed E-state index contributed by atoms with van der Waals surface area (Å²) in [6, 6.07) is 16.2. The molecule has 8 heteroatoms. The Bertz CT molecular complexity index is 1240. The Morgan fingerprint density at radius 3 is 2.61 bits per heavy atom. The van der Waals surface area contributed by atoms with Crippen LogP contribution in [0.2, 0.25) is 0 Å². The number of hydrogen-bond acceptors (Lipinski definition) is 6. The molecule has 28 heavy (non-hydrogen) atoms. The van der Waals surface area contributed by atoms with Crippen molar-refractivity contribution in [3.63, 3.8) is 0 Å². The van der Waals surface area contributed by atoms with Crippen molar-refractivity contribution in [2.75, 3.05) is 16.6 Å². The molecular formula is C20H20N4O2S2. The van der Waals surface area contributed by atoms with E-state index in [1.165, 1.54) is 0 Å². The number of aromatic nitrogens is 2. The summed E-state index contributed by atoms with van der Waals surface area (Å²) in [6.07, 6.45) is 2.16. The zero-order valence-corrected chi connectivity index (χ0v) is 17.0. The summed E-state index contributed by atoms with van der Waals surface area (Å²) in [6.45, 7) is 2.99. The van der Waals surface area contributed by atoms with E-state index in [9.17, 15) is 8.42 Å². The van der Waals surface area contributed by atoms with Gasteiger partial charge in [0.15, 0.2) is 0 Å². The average molecular weight is 413 g/mol. The highest BCUT2D eigenvalue weighted by Gasteiger charge is 2.18. The molecule has 0 saturated carbocycles. The molecule has 0 saturated heterocycles. The lowest BCUT2D eigenvalue weighted by Crippen LogP contribution is -2.13. The molecule has 4 aromatic rings. The molecule has 3 aromatic carbocycles. The van der Waals surface area contributed by atoms with Gasteiger partial charge in [-0.2, -0.15) is 8.75 Å². The largest absolute Gasteiger partial charge is 0.385 e. The minimum Gasteiger partial charge on any atom is -0.385 e. The lowest BCUT2D eigenvalue weighted by Gasteiger charge is -2.13. The fourth-order valence-electron chi connectivity index (χ4n) is 3.13. The van der Waals surface area contributed by atoms with Gasteiger partial charge in [-0.05, 0) is 36.8 Å². The number of hydrogen-bond donors (Lipinski definition) is 2. The molecule has 1 aromatic heterocycles. The fraction of sp³-hybridized carbons (Fsp3) is 0.200. The first-order valence-corrected chi connectivity index (χ1v) is 11.3. The van der Waals surface area contributed by atoms with E-state index >= 15 is 0 Å². The molecule has 6 nitrogen and oxygen atoms in total. The molecule has 0 fully saturated rings. The van der Waals surface area contributed by atoms with E-state index in [1.54, 1.807) is 30.3 Å².